The highest BCUT2D eigenvalue weighted by Gasteiger charge is 2.39. The Hall–Kier alpha value is -2.30. The minimum atomic E-state index is -5.08. The number of alkyl halides is 6. The Balaban J connectivity index is 0.000000406. The second kappa shape index (κ2) is 10.1. The minimum absolute atomic E-state index is 0.0208. The lowest BCUT2D eigenvalue weighted by molar-refractivity contribution is -0.192. The van der Waals surface area contributed by atoms with E-state index in [4.69, 9.17) is 9.90 Å². The maximum absolute atomic E-state index is 13.6. The van der Waals surface area contributed by atoms with Crippen molar-refractivity contribution in [1.29, 1.82) is 0 Å². The van der Waals surface area contributed by atoms with Crippen LogP contribution in [0.2, 0.25) is 0 Å². The van der Waals surface area contributed by atoms with Gasteiger partial charge in [0.05, 0.1) is 5.56 Å². The fourth-order valence-electron chi connectivity index (χ4n) is 4.66. The van der Waals surface area contributed by atoms with Gasteiger partial charge in [-0.1, -0.05) is 6.07 Å². The molecule has 11 heteroatoms. The third-order valence-corrected chi connectivity index (χ3v) is 6.64. The van der Waals surface area contributed by atoms with E-state index in [1.54, 1.807) is 6.07 Å². The number of carbonyl (C=O) groups excluding carboxylic acids is 1. The van der Waals surface area contributed by atoms with Gasteiger partial charge in [0.1, 0.15) is 5.78 Å². The molecule has 0 spiro atoms. The summed E-state index contributed by atoms with van der Waals surface area (Å²) < 4.78 is 72.6. The van der Waals surface area contributed by atoms with Gasteiger partial charge in [-0.3, -0.25) is 9.69 Å². The molecule has 1 saturated carbocycles. The zero-order valence-electron chi connectivity index (χ0n) is 18.8. The Bertz CT molecular complexity index is 898. The van der Waals surface area contributed by atoms with Crippen molar-refractivity contribution >= 4 is 17.4 Å². The van der Waals surface area contributed by atoms with Crippen LogP contribution in [0.4, 0.5) is 32.0 Å². The number of carboxylic acid groups (broad SMARTS) is 1. The van der Waals surface area contributed by atoms with E-state index in [1.165, 1.54) is 25.0 Å². The maximum Gasteiger partial charge on any atom is 0.490 e. The first-order valence-corrected chi connectivity index (χ1v) is 11.3. The number of aliphatic carboxylic acids is 1. The molecule has 2 aliphatic heterocycles. The minimum Gasteiger partial charge on any atom is -0.475 e. The average molecular weight is 494 g/mol. The first-order valence-electron chi connectivity index (χ1n) is 11.3. The number of likely N-dealkylation sites (tertiary alicyclic amines) is 1. The summed E-state index contributed by atoms with van der Waals surface area (Å²) in [7, 11) is 0. The van der Waals surface area contributed by atoms with E-state index < -0.39 is 23.9 Å². The predicted molar refractivity (Wildman–Crippen MR) is 113 cm³/mol. The van der Waals surface area contributed by atoms with Gasteiger partial charge in [-0.25, -0.2) is 4.79 Å². The van der Waals surface area contributed by atoms with E-state index in [9.17, 15) is 31.1 Å². The zero-order chi connectivity index (χ0) is 25.3. The van der Waals surface area contributed by atoms with Crippen LogP contribution in [-0.2, 0) is 22.2 Å². The number of rotatable bonds is 5. The van der Waals surface area contributed by atoms with Gasteiger partial charge in [0.25, 0.3) is 0 Å². The van der Waals surface area contributed by atoms with Crippen LogP contribution in [0.3, 0.4) is 0 Å². The largest absolute Gasteiger partial charge is 0.490 e. The standard InChI is InChI=1S/C21H27F3N2O.C2HF3O2/c1-14-3-2-9-26(14)18-8-10-25(13-18)17-7-6-16(11-20(27)15-4-5-15)19(12-17)21(22,23)24;3-2(4,5)1(6)7/h6-7,12,14-15,18H,2-5,8-11,13H2,1H3;(H,6,7). The highest BCUT2D eigenvalue weighted by molar-refractivity contribution is 5.85. The molecule has 34 heavy (non-hydrogen) atoms. The lowest BCUT2D eigenvalue weighted by Crippen LogP contribution is -2.39. The number of halogens is 6. The summed E-state index contributed by atoms with van der Waals surface area (Å²) in [6, 6.07) is 5.53. The SMILES string of the molecule is CC1CCCN1C1CCN(c2ccc(CC(=O)C3CC3)c(C(F)(F)F)c2)C1.O=C(O)C(F)(F)F. The van der Waals surface area contributed by atoms with Crippen molar-refractivity contribution in [3.63, 3.8) is 0 Å². The first kappa shape index (κ1) is 26.3. The van der Waals surface area contributed by atoms with Gasteiger partial charge in [-0.15, -0.1) is 0 Å². The van der Waals surface area contributed by atoms with Crippen LogP contribution in [0.1, 0.15) is 50.2 Å². The van der Waals surface area contributed by atoms with Crippen LogP contribution >= 0.6 is 0 Å². The molecule has 190 valence electrons. The second-order valence-corrected chi connectivity index (χ2v) is 9.18. The number of anilines is 1. The van der Waals surface area contributed by atoms with E-state index in [1.807, 2.05) is 0 Å². The summed E-state index contributed by atoms with van der Waals surface area (Å²) in [5.41, 5.74) is 0.0957. The van der Waals surface area contributed by atoms with E-state index in [2.05, 4.69) is 16.7 Å². The Morgan fingerprint density at radius 3 is 2.18 bits per heavy atom. The third kappa shape index (κ3) is 6.64. The number of ketones is 1. The fourth-order valence-corrected chi connectivity index (χ4v) is 4.66. The van der Waals surface area contributed by atoms with Gasteiger partial charge in [-0.2, -0.15) is 26.3 Å². The Morgan fingerprint density at radius 2 is 1.68 bits per heavy atom. The van der Waals surface area contributed by atoms with Crippen LogP contribution < -0.4 is 4.90 Å². The van der Waals surface area contributed by atoms with Gasteiger partial charge in [-0.05, 0) is 63.3 Å². The molecule has 1 aliphatic carbocycles. The third-order valence-electron chi connectivity index (χ3n) is 6.64. The number of carbonyl (C=O) groups is 2. The molecule has 0 aromatic heterocycles. The molecule has 4 rings (SSSR count). The summed E-state index contributed by atoms with van der Waals surface area (Å²) >= 11 is 0. The van der Waals surface area contributed by atoms with Gasteiger partial charge in [0, 0.05) is 43.2 Å². The maximum atomic E-state index is 13.6. The van der Waals surface area contributed by atoms with Gasteiger partial charge in [0.15, 0.2) is 0 Å². The van der Waals surface area contributed by atoms with Crippen molar-refractivity contribution in [2.45, 2.75) is 69.9 Å². The van der Waals surface area contributed by atoms with Crippen molar-refractivity contribution in [2.24, 2.45) is 5.92 Å². The predicted octanol–water partition coefficient (Wildman–Crippen LogP) is 4.92. The zero-order valence-corrected chi connectivity index (χ0v) is 18.8. The molecule has 1 aromatic rings. The van der Waals surface area contributed by atoms with Crippen LogP contribution in [-0.4, -0.2) is 59.7 Å². The van der Waals surface area contributed by atoms with Crippen molar-refractivity contribution in [1.82, 2.24) is 4.90 Å². The highest BCUT2D eigenvalue weighted by Crippen LogP contribution is 2.38. The normalized spacial score (nSPS) is 23.6. The Kier molecular flexibility index (Phi) is 7.84. The monoisotopic (exact) mass is 494 g/mol. The topological polar surface area (TPSA) is 60.9 Å². The number of Topliss-reactive ketones (excluding diaryl/α,β-unsaturated/α-hetero) is 1. The molecular formula is C23H28F6N2O3. The molecule has 1 N–H and O–H groups in total. The lowest BCUT2D eigenvalue weighted by Gasteiger charge is -2.29. The van der Waals surface area contributed by atoms with Gasteiger partial charge in [0.2, 0.25) is 0 Å². The molecule has 2 atom stereocenters. The molecule has 3 aliphatic rings. The Morgan fingerprint density at radius 1 is 1.03 bits per heavy atom. The van der Waals surface area contributed by atoms with Crippen LogP contribution in [0, 0.1) is 5.92 Å². The first-order chi connectivity index (χ1) is 15.8. The van der Waals surface area contributed by atoms with Crippen LogP contribution in [0.25, 0.3) is 0 Å². The summed E-state index contributed by atoms with van der Waals surface area (Å²) in [6.45, 7) is 4.90. The number of hydrogen-bond donors (Lipinski definition) is 1. The number of hydrogen-bond acceptors (Lipinski definition) is 4. The summed E-state index contributed by atoms with van der Waals surface area (Å²) in [5, 5.41) is 7.12. The number of benzene rings is 1. The molecule has 2 heterocycles. The van der Waals surface area contributed by atoms with Crippen molar-refractivity contribution in [2.75, 3.05) is 24.5 Å². The van der Waals surface area contributed by atoms with Crippen LogP contribution in [0.15, 0.2) is 18.2 Å². The number of carboxylic acids is 1. The van der Waals surface area contributed by atoms with E-state index in [0.29, 0.717) is 17.8 Å². The lowest BCUT2D eigenvalue weighted by atomic mass is 9.99. The summed E-state index contributed by atoms with van der Waals surface area (Å²) in [5.74, 6) is -2.84. The molecule has 1 aromatic carbocycles. The molecule has 3 fully saturated rings. The molecule has 0 bridgehead atoms. The molecule has 0 radical (unpaired) electrons. The van der Waals surface area contributed by atoms with Crippen LogP contribution in [0.5, 0.6) is 0 Å². The summed E-state index contributed by atoms with van der Waals surface area (Å²) in [4.78, 5) is 25.5. The van der Waals surface area contributed by atoms with Crippen molar-refractivity contribution < 1.29 is 41.0 Å². The molecule has 2 saturated heterocycles. The molecule has 2 unspecified atom stereocenters. The smallest absolute Gasteiger partial charge is 0.475 e. The van der Waals surface area contributed by atoms with Crippen molar-refractivity contribution in [3.8, 4) is 0 Å². The highest BCUT2D eigenvalue weighted by atomic mass is 19.4. The number of nitrogens with zero attached hydrogens (tertiary/aromatic N) is 2. The van der Waals surface area contributed by atoms with E-state index in [0.717, 1.165) is 38.9 Å². The van der Waals surface area contributed by atoms with Gasteiger partial charge >= 0.3 is 18.3 Å². The second-order valence-electron chi connectivity index (χ2n) is 9.18. The van der Waals surface area contributed by atoms with Crippen molar-refractivity contribution in [3.05, 3.63) is 29.3 Å². The average Bonchev–Trinajstić information content (AvgIpc) is 3.33. The Labute approximate surface area is 193 Å². The fraction of sp³-hybridized carbons (Fsp3) is 0.652. The summed E-state index contributed by atoms with van der Waals surface area (Å²) in [6.07, 6.45) is -4.57. The van der Waals surface area contributed by atoms with Gasteiger partial charge < -0.3 is 10.0 Å². The molecule has 0 amide bonds. The van der Waals surface area contributed by atoms with E-state index in [-0.39, 0.29) is 23.7 Å². The quantitative estimate of drug-likeness (QED) is 0.589. The molecular weight excluding hydrogens is 466 g/mol. The molecule has 5 nitrogen and oxygen atoms in total. The van der Waals surface area contributed by atoms with E-state index >= 15 is 0 Å².